The zero-order chi connectivity index (χ0) is 26.0. The van der Waals surface area contributed by atoms with Gasteiger partial charge in [-0.15, -0.1) is 9.24 Å². The molecule has 0 spiro atoms. The van der Waals surface area contributed by atoms with Crippen molar-refractivity contribution in [2.45, 2.75) is 19.6 Å². The maximum Gasteiger partial charge on any atom is 0.252 e. The van der Waals surface area contributed by atoms with E-state index < -0.39 is 6.04 Å². The van der Waals surface area contributed by atoms with E-state index in [1.54, 1.807) is 30.3 Å². The Bertz CT molecular complexity index is 1330. The number of hydrogen-bond donors (Lipinski definition) is 2. The first kappa shape index (κ1) is 26.1. The van der Waals surface area contributed by atoms with Crippen molar-refractivity contribution in [1.82, 2.24) is 5.32 Å². The average Bonchev–Trinajstić information content (AvgIpc) is 2.90. The fraction of sp³-hybridized carbons (Fsp3) is 0.133. The van der Waals surface area contributed by atoms with Crippen LogP contribution in [0.2, 0.25) is 0 Å². The predicted octanol–water partition coefficient (Wildman–Crippen LogP) is 5.24. The number of aryl methyl sites for hydroxylation is 1. The van der Waals surface area contributed by atoms with Crippen LogP contribution in [-0.2, 0) is 16.1 Å². The SMILES string of the molecule is Cc1cc(P)ccc1C(=O)NC(COCc1ccccc1)C(=O)Nc1ccc(Oc2ccccc2)cc1. The van der Waals surface area contributed by atoms with E-state index in [9.17, 15) is 9.59 Å². The van der Waals surface area contributed by atoms with Crippen LogP contribution in [0.1, 0.15) is 21.5 Å². The van der Waals surface area contributed by atoms with Crippen molar-refractivity contribution in [2.75, 3.05) is 11.9 Å². The first-order valence-electron chi connectivity index (χ1n) is 11.9. The summed E-state index contributed by atoms with van der Waals surface area (Å²) in [6, 6.07) is 30.8. The number of anilines is 1. The number of carbonyl (C=O) groups is 2. The second-order valence-electron chi connectivity index (χ2n) is 8.53. The highest BCUT2D eigenvalue weighted by Crippen LogP contribution is 2.22. The molecular weight excluding hydrogens is 483 g/mol. The van der Waals surface area contributed by atoms with E-state index in [0.717, 1.165) is 22.2 Å². The van der Waals surface area contributed by atoms with Gasteiger partial charge in [0.2, 0.25) is 5.91 Å². The van der Waals surface area contributed by atoms with Gasteiger partial charge < -0.3 is 20.1 Å². The number of hydrogen-bond acceptors (Lipinski definition) is 4. The zero-order valence-electron chi connectivity index (χ0n) is 20.5. The Morgan fingerprint density at radius 1 is 0.838 bits per heavy atom. The number of amides is 2. The number of ether oxygens (including phenoxy) is 2. The second-order valence-corrected chi connectivity index (χ2v) is 9.20. The summed E-state index contributed by atoms with van der Waals surface area (Å²) < 4.78 is 11.6. The molecule has 0 aliphatic carbocycles. The lowest BCUT2D eigenvalue weighted by Crippen LogP contribution is -2.47. The Morgan fingerprint density at radius 3 is 2.16 bits per heavy atom. The molecule has 188 valence electrons. The third kappa shape index (κ3) is 7.74. The largest absolute Gasteiger partial charge is 0.457 e. The van der Waals surface area contributed by atoms with Gasteiger partial charge in [-0.1, -0.05) is 60.7 Å². The molecule has 4 aromatic carbocycles. The van der Waals surface area contributed by atoms with Crippen LogP contribution in [-0.4, -0.2) is 24.5 Å². The molecule has 0 aliphatic heterocycles. The Hall–Kier alpha value is -3.99. The van der Waals surface area contributed by atoms with Crippen LogP contribution in [0.3, 0.4) is 0 Å². The summed E-state index contributed by atoms with van der Waals surface area (Å²) in [7, 11) is 2.61. The summed E-state index contributed by atoms with van der Waals surface area (Å²) in [6.45, 7) is 2.21. The molecule has 7 heteroatoms. The zero-order valence-corrected chi connectivity index (χ0v) is 21.7. The topological polar surface area (TPSA) is 76.7 Å². The number of carbonyl (C=O) groups excluding carboxylic acids is 2. The fourth-order valence-electron chi connectivity index (χ4n) is 3.69. The van der Waals surface area contributed by atoms with E-state index in [-0.39, 0.29) is 18.4 Å². The molecule has 0 heterocycles. The number of para-hydroxylation sites is 1. The minimum atomic E-state index is -0.897. The van der Waals surface area contributed by atoms with Gasteiger partial charge in [-0.3, -0.25) is 9.59 Å². The molecule has 0 radical (unpaired) electrons. The highest BCUT2D eigenvalue weighted by atomic mass is 31.0. The summed E-state index contributed by atoms with van der Waals surface area (Å²) in [6.07, 6.45) is 0. The summed E-state index contributed by atoms with van der Waals surface area (Å²) in [5.41, 5.74) is 2.89. The van der Waals surface area contributed by atoms with Gasteiger partial charge in [0.1, 0.15) is 17.5 Å². The third-order valence-electron chi connectivity index (χ3n) is 5.61. The summed E-state index contributed by atoms with van der Waals surface area (Å²) in [4.78, 5) is 26.2. The second kappa shape index (κ2) is 12.8. The molecule has 0 aromatic heterocycles. The first-order chi connectivity index (χ1) is 18.0. The standard InChI is InChI=1S/C30H29N2O4P/c1-21-18-26(37)16-17-27(21)29(33)32-28(20-35-19-22-8-4-2-5-9-22)30(34)31-23-12-14-25(15-13-23)36-24-10-6-3-7-11-24/h2-18,28H,19-20,37H2,1H3,(H,31,34)(H,32,33). The quantitative estimate of drug-likeness (QED) is 0.285. The summed E-state index contributed by atoms with van der Waals surface area (Å²) in [5.74, 6) is 0.659. The van der Waals surface area contributed by atoms with Crippen molar-refractivity contribution in [3.05, 3.63) is 120 Å². The van der Waals surface area contributed by atoms with Crippen molar-refractivity contribution in [3.8, 4) is 11.5 Å². The Kier molecular flexibility index (Phi) is 9.03. The van der Waals surface area contributed by atoms with Gasteiger partial charge in [0.15, 0.2) is 0 Å². The molecule has 0 aliphatic rings. The van der Waals surface area contributed by atoms with Crippen molar-refractivity contribution < 1.29 is 19.1 Å². The van der Waals surface area contributed by atoms with E-state index in [1.807, 2.05) is 79.7 Å². The minimum absolute atomic E-state index is 0.0163. The van der Waals surface area contributed by atoms with Gasteiger partial charge in [0, 0.05) is 11.3 Å². The van der Waals surface area contributed by atoms with Crippen molar-refractivity contribution in [1.29, 1.82) is 0 Å². The normalized spacial score (nSPS) is 11.4. The lowest BCUT2D eigenvalue weighted by atomic mass is 10.1. The van der Waals surface area contributed by atoms with Crippen LogP contribution >= 0.6 is 9.24 Å². The van der Waals surface area contributed by atoms with Gasteiger partial charge in [-0.2, -0.15) is 0 Å². The minimum Gasteiger partial charge on any atom is -0.457 e. The molecule has 4 aromatic rings. The molecule has 0 saturated heterocycles. The van der Waals surface area contributed by atoms with Gasteiger partial charge in [0.05, 0.1) is 13.2 Å². The molecule has 0 fully saturated rings. The van der Waals surface area contributed by atoms with Crippen LogP contribution < -0.4 is 20.7 Å². The molecule has 37 heavy (non-hydrogen) atoms. The summed E-state index contributed by atoms with van der Waals surface area (Å²) in [5, 5.41) is 6.69. The Morgan fingerprint density at radius 2 is 1.49 bits per heavy atom. The fourth-order valence-corrected chi connectivity index (χ4v) is 4.04. The predicted molar refractivity (Wildman–Crippen MR) is 149 cm³/mol. The molecule has 4 rings (SSSR count). The van der Waals surface area contributed by atoms with Crippen LogP contribution in [0.5, 0.6) is 11.5 Å². The number of rotatable bonds is 10. The maximum atomic E-state index is 13.2. The highest BCUT2D eigenvalue weighted by Gasteiger charge is 2.23. The molecule has 2 amide bonds. The highest BCUT2D eigenvalue weighted by molar-refractivity contribution is 7.27. The lowest BCUT2D eigenvalue weighted by Gasteiger charge is -2.19. The van der Waals surface area contributed by atoms with Crippen molar-refractivity contribution in [3.63, 3.8) is 0 Å². The molecular formula is C30H29N2O4P. The molecule has 0 saturated carbocycles. The van der Waals surface area contributed by atoms with Crippen molar-refractivity contribution >= 4 is 32.0 Å². The van der Waals surface area contributed by atoms with Crippen LogP contribution in [0.4, 0.5) is 5.69 Å². The van der Waals surface area contributed by atoms with E-state index >= 15 is 0 Å². The monoisotopic (exact) mass is 512 g/mol. The molecule has 0 bridgehead atoms. The third-order valence-corrected chi connectivity index (χ3v) is 5.97. The molecule has 2 atom stereocenters. The molecule has 6 nitrogen and oxygen atoms in total. The van der Waals surface area contributed by atoms with E-state index in [1.165, 1.54) is 0 Å². The van der Waals surface area contributed by atoms with Gasteiger partial charge >= 0.3 is 0 Å². The molecule has 2 N–H and O–H groups in total. The van der Waals surface area contributed by atoms with Crippen LogP contribution in [0, 0.1) is 6.92 Å². The van der Waals surface area contributed by atoms with E-state index in [0.29, 0.717) is 23.6 Å². The number of nitrogens with one attached hydrogen (secondary N) is 2. The maximum absolute atomic E-state index is 13.2. The van der Waals surface area contributed by atoms with Gasteiger partial charge in [-0.05, 0) is 65.8 Å². The summed E-state index contributed by atoms with van der Waals surface area (Å²) >= 11 is 0. The van der Waals surface area contributed by atoms with Crippen molar-refractivity contribution in [2.24, 2.45) is 0 Å². The smallest absolute Gasteiger partial charge is 0.252 e. The average molecular weight is 513 g/mol. The van der Waals surface area contributed by atoms with Crippen LogP contribution in [0.25, 0.3) is 0 Å². The van der Waals surface area contributed by atoms with E-state index in [2.05, 4.69) is 19.9 Å². The number of benzene rings is 4. The Balaban J connectivity index is 1.43. The Labute approximate surface area is 219 Å². The van der Waals surface area contributed by atoms with E-state index in [4.69, 9.17) is 9.47 Å². The van der Waals surface area contributed by atoms with Gasteiger partial charge in [-0.25, -0.2) is 0 Å². The van der Waals surface area contributed by atoms with Gasteiger partial charge in [0.25, 0.3) is 5.91 Å². The first-order valence-corrected chi connectivity index (χ1v) is 12.5. The molecule has 2 unspecified atom stereocenters. The van der Waals surface area contributed by atoms with Crippen LogP contribution in [0.15, 0.2) is 103 Å². The lowest BCUT2D eigenvalue weighted by molar-refractivity contribution is -0.119.